The number of rotatable bonds is 3. The lowest BCUT2D eigenvalue weighted by Gasteiger charge is -2.37. The Hall–Kier alpha value is -1.10. The molecule has 1 aromatic rings. The van der Waals surface area contributed by atoms with Crippen LogP contribution in [-0.2, 0) is 4.79 Å². The van der Waals surface area contributed by atoms with Crippen LogP contribution in [0, 0.1) is 0 Å². The van der Waals surface area contributed by atoms with Crippen LogP contribution in [0.1, 0.15) is 25.5 Å². The number of hydrogen-bond donors (Lipinski definition) is 1. The summed E-state index contributed by atoms with van der Waals surface area (Å²) in [7, 11) is 0. The maximum atomic E-state index is 12.3. The summed E-state index contributed by atoms with van der Waals surface area (Å²) < 4.78 is 0. The number of nitrogens with zero attached hydrogens (tertiary/aromatic N) is 2. The van der Waals surface area contributed by atoms with E-state index in [-0.39, 0.29) is 5.91 Å². The third kappa shape index (κ3) is 3.51. The third-order valence-corrected chi connectivity index (χ3v) is 4.03. The minimum atomic E-state index is -1.10. The first kappa shape index (κ1) is 15.3. The van der Waals surface area contributed by atoms with Crippen LogP contribution in [0.15, 0.2) is 24.3 Å². The van der Waals surface area contributed by atoms with Gasteiger partial charge >= 0.3 is 0 Å². The average Bonchev–Trinajstić information content (AvgIpc) is 2.46. The Bertz CT molecular complexity index is 453. The largest absolute Gasteiger partial charge is 0.378 e. The lowest BCUT2D eigenvalue weighted by Crippen LogP contribution is -2.51. The fraction of sp³-hybridized carbons (Fsp3) is 0.533. The first-order chi connectivity index (χ1) is 9.49. The quantitative estimate of drug-likeness (QED) is 0.927. The van der Waals surface area contributed by atoms with E-state index in [4.69, 9.17) is 11.6 Å². The van der Waals surface area contributed by atoms with E-state index in [2.05, 4.69) is 18.7 Å². The molecule has 4 nitrogen and oxygen atoms in total. The second-order valence-corrected chi connectivity index (χ2v) is 5.85. The van der Waals surface area contributed by atoms with Crippen molar-refractivity contribution in [3.8, 4) is 0 Å². The van der Waals surface area contributed by atoms with Gasteiger partial charge in [-0.05, 0) is 31.5 Å². The van der Waals surface area contributed by atoms with Gasteiger partial charge in [-0.15, -0.1) is 0 Å². The lowest BCUT2D eigenvalue weighted by atomic mass is 10.1. The number of piperazine rings is 1. The molecule has 0 spiro atoms. The second kappa shape index (κ2) is 6.57. The summed E-state index contributed by atoms with van der Waals surface area (Å²) in [5, 5.41) is 10.8. The van der Waals surface area contributed by atoms with E-state index in [1.54, 1.807) is 29.2 Å². The van der Waals surface area contributed by atoms with Gasteiger partial charge in [0.15, 0.2) is 6.10 Å². The fourth-order valence-electron chi connectivity index (χ4n) is 2.42. The van der Waals surface area contributed by atoms with Gasteiger partial charge in [0.1, 0.15) is 0 Å². The summed E-state index contributed by atoms with van der Waals surface area (Å²) in [4.78, 5) is 16.4. The van der Waals surface area contributed by atoms with Gasteiger partial charge in [-0.25, -0.2) is 0 Å². The molecule has 20 heavy (non-hydrogen) atoms. The van der Waals surface area contributed by atoms with E-state index in [9.17, 15) is 9.90 Å². The van der Waals surface area contributed by atoms with Crippen LogP contribution in [-0.4, -0.2) is 53.0 Å². The van der Waals surface area contributed by atoms with Crippen molar-refractivity contribution >= 4 is 17.5 Å². The molecule has 1 saturated heterocycles. The van der Waals surface area contributed by atoms with Crippen molar-refractivity contribution in [3.05, 3.63) is 34.9 Å². The highest BCUT2D eigenvalue weighted by Gasteiger charge is 2.27. The SMILES string of the molecule is CC(C)N1CCN(C(=O)C(O)c2ccc(Cl)cc2)CC1. The molecule has 1 unspecified atom stereocenters. The molecule has 0 aromatic heterocycles. The lowest BCUT2D eigenvalue weighted by molar-refractivity contribution is -0.142. The molecule has 0 radical (unpaired) electrons. The van der Waals surface area contributed by atoms with E-state index in [0.29, 0.717) is 29.7 Å². The normalized spacial score (nSPS) is 18.4. The van der Waals surface area contributed by atoms with Gasteiger partial charge in [-0.3, -0.25) is 9.69 Å². The molecule has 1 heterocycles. The monoisotopic (exact) mass is 296 g/mol. The van der Waals surface area contributed by atoms with Crippen LogP contribution in [0.2, 0.25) is 5.02 Å². The second-order valence-electron chi connectivity index (χ2n) is 5.41. The van der Waals surface area contributed by atoms with E-state index in [0.717, 1.165) is 13.1 Å². The number of halogens is 1. The predicted octanol–water partition coefficient (Wildman–Crippen LogP) is 1.93. The van der Waals surface area contributed by atoms with Crippen molar-refractivity contribution in [1.82, 2.24) is 9.80 Å². The van der Waals surface area contributed by atoms with Gasteiger partial charge in [0.25, 0.3) is 5.91 Å². The van der Waals surface area contributed by atoms with Crippen LogP contribution in [0.3, 0.4) is 0 Å². The van der Waals surface area contributed by atoms with E-state index in [1.165, 1.54) is 0 Å². The fourth-order valence-corrected chi connectivity index (χ4v) is 2.55. The van der Waals surface area contributed by atoms with Crippen molar-refractivity contribution in [1.29, 1.82) is 0 Å². The maximum absolute atomic E-state index is 12.3. The summed E-state index contributed by atoms with van der Waals surface area (Å²) in [5.74, 6) is -0.226. The summed E-state index contributed by atoms with van der Waals surface area (Å²) in [5.41, 5.74) is 0.589. The topological polar surface area (TPSA) is 43.8 Å². The Morgan fingerprint density at radius 2 is 1.70 bits per heavy atom. The van der Waals surface area contributed by atoms with E-state index >= 15 is 0 Å². The van der Waals surface area contributed by atoms with Gasteiger partial charge < -0.3 is 10.0 Å². The average molecular weight is 297 g/mol. The number of aliphatic hydroxyl groups excluding tert-OH is 1. The highest BCUT2D eigenvalue weighted by Crippen LogP contribution is 2.19. The molecule has 1 fully saturated rings. The molecule has 0 aliphatic carbocycles. The molecule has 110 valence electrons. The Morgan fingerprint density at radius 1 is 1.15 bits per heavy atom. The van der Waals surface area contributed by atoms with Crippen LogP contribution in [0.4, 0.5) is 0 Å². The number of hydrogen-bond acceptors (Lipinski definition) is 3. The molecule has 5 heteroatoms. The zero-order valence-corrected chi connectivity index (χ0v) is 12.7. The zero-order valence-electron chi connectivity index (χ0n) is 11.9. The van der Waals surface area contributed by atoms with Gasteiger partial charge in [-0.2, -0.15) is 0 Å². The Balaban J connectivity index is 1.96. The highest BCUT2D eigenvalue weighted by atomic mass is 35.5. The van der Waals surface area contributed by atoms with E-state index in [1.807, 2.05) is 0 Å². The first-order valence-electron chi connectivity index (χ1n) is 6.95. The number of benzene rings is 1. The molecule has 2 rings (SSSR count). The van der Waals surface area contributed by atoms with Gasteiger partial charge in [0, 0.05) is 37.2 Å². The Morgan fingerprint density at radius 3 is 2.20 bits per heavy atom. The van der Waals surface area contributed by atoms with Gasteiger partial charge in [0.05, 0.1) is 0 Å². The summed E-state index contributed by atoms with van der Waals surface area (Å²) in [6.45, 7) is 7.36. The minimum Gasteiger partial charge on any atom is -0.378 e. The first-order valence-corrected chi connectivity index (χ1v) is 7.33. The van der Waals surface area contributed by atoms with Crippen molar-refractivity contribution in [3.63, 3.8) is 0 Å². The van der Waals surface area contributed by atoms with Crippen LogP contribution >= 0.6 is 11.6 Å². The summed E-state index contributed by atoms with van der Waals surface area (Å²) in [6, 6.07) is 7.24. The molecule has 1 aromatic carbocycles. The predicted molar refractivity (Wildman–Crippen MR) is 79.7 cm³/mol. The molecular formula is C15H21ClN2O2. The summed E-state index contributed by atoms with van der Waals surface area (Å²) >= 11 is 5.81. The summed E-state index contributed by atoms with van der Waals surface area (Å²) in [6.07, 6.45) is -1.10. The standard InChI is InChI=1S/C15H21ClN2O2/c1-11(2)17-7-9-18(10-8-17)15(20)14(19)12-3-5-13(16)6-4-12/h3-6,11,14,19H,7-10H2,1-2H3. The smallest absolute Gasteiger partial charge is 0.256 e. The highest BCUT2D eigenvalue weighted by molar-refractivity contribution is 6.30. The number of carbonyl (C=O) groups is 1. The van der Waals surface area contributed by atoms with Crippen molar-refractivity contribution < 1.29 is 9.90 Å². The molecule has 1 aliphatic heterocycles. The third-order valence-electron chi connectivity index (χ3n) is 3.78. The van der Waals surface area contributed by atoms with Crippen molar-refractivity contribution in [2.45, 2.75) is 26.0 Å². The number of amides is 1. The molecule has 1 atom stereocenters. The van der Waals surface area contributed by atoms with Crippen LogP contribution < -0.4 is 0 Å². The number of carbonyl (C=O) groups excluding carboxylic acids is 1. The van der Waals surface area contributed by atoms with Crippen LogP contribution in [0.25, 0.3) is 0 Å². The molecule has 0 saturated carbocycles. The van der Waals surface area contributed by atoms with Crippen molar-refractivity contribution in [2.75, 3.05) is 26.2 Å². The van der Waals surface area contributed by atoms with E-state index < -0.39 is 6.10 Å². The molecule has 1 aliphatic rings. The van der Waals surface area contributed by atoms with Gasteiger partial charge in [0.2, 0.25) is 0 Å². The maximum Gasteiger partial charge on any atom is 0.256 e. The Labute approximate surface area is 124 Å². The molecule has 1 N–H and O–H groups in total. The number of aliphatic hydroxyl groups is 1. The molecular weight excluding hydrogens is 276 g/mol. The minimum absolute atomic E-state index is 0.226. The Kier molecular flexibility index (Phi) is 5.02. The molecule has 1 amide bonds. The van der Waals surface area contributed by atoms with Crippen LogP contribution in [0.5, 0.6) is 0 Å². The zero-order chi connectivity index (χ0) is 14.7. The van der Waals surface area contributed by atoms with Crippen molar-refractivity contribution in [2.24, 2.45) is 0 Å². The van der Waals surface area contributed by atoms with Gasteiger partial charge in [-0.1, -0.05) is 23.7 Å². The molecule has 0 bridgehead atoms.